The fraction of sp³-hybridized carbons (Fsp3) is 0.417. The predicted octanol–water partition coefficient (Wildman–Crippen LogP) is 2.80. The summed E-state index contributed by atoms with van der Waals surface area (Å²) in [5.74, 6) is -0.127. The maximum absolute atomic E-state index is 12.8. The fourth-order valence-electron chi connectivity index (χ4n) is 3.42. The van der Waals surface area contributed by atoms with Crippen LogP contribution in [0.25, 0.3) is 0 Å². The Morgan fingerprint density at radius 3 is 2.21 bits per heavy atom. The summed E-state index contributed by atoms with van der Waals surface area (Å²) in [5, 5.41) is 6.16. The van der Waals surface area contributed by atoms with E-state index < -0.39 is 0 Å². The molecule has 3 N–H and O–H groups in total. The first-order valence-electron chi connectivity index (χ1n) is 10.4. The highest BCUT2D eigenvalue weighted by molar-refractivity contribution is 5.93. The fourth-order valence-corrected chi connectivity index (χ4v) is 3.42. The SMILES string of the molecule is CCC[C@H](NC(=O)[C@H](C)[NH+](C)CC(=O)Nc1c(C)cccc1C)c1ccccc1. The first kappa shape index (κ1) is 22.6. The van der Waals surface area contributed by atoms with Crippen molar-refractivity contribution in [3.05, 3.63) is 65.2 Å². The van der Waals surface area contributed by atoms with Gasteiger partial charge in [-0.05, 0) is 43.9 Å². The van der Waals surface area contributed by atoms with Gasteiger partial charge in [-0.2, -0.15) is 0 Å². The van der Waals surface area contributed by atoms with Gasteiger partial charge in [-0.3, -0.25) is 9.59 Å². The van der Waals surface area contributed by atoms with Gasteiger partial charge in [0.1, 0.15) is 0 Å². The Kier molecular flexibility index (Phi) is 8.40. The van der Waals surface area contributed by atoms with Crippen LogP contribution < -0.4 is 15.5 Å². The van der Waals surface area contributed by atoms with E-state index in [1.807, 2.05) is 76.3 Å². The maximum atomic E-state index is 12.8. The molecule has 0 heterocycles. The summed E-state index contributed by atoms with van der Waals surface area (Å²) in [6, 6.07) is 15.6. The van der Waals surface area contributed by atoms with Crippen LogP contribution in [0, 0.1) is 13.8 Å². The molecule has 1 unspecified atom stereocenters. The van der Waals surface area contributed by atoms with Crippen LogP contribution in [0.3, 0.4) is 0 Å². The van der Waals surface area contributed by atoms with Crippen LogP contribution in [0.15, 0.2) is 48.5 Å². The molecule has 5 nitrogen and oxygen atoms in total. The Hall–Kier alpha value is -2.66. The number of nitrogens with one attached hydrogen (secondary N) is 3. The van der Waals surface area contributed by atoms with E-state index in [4.69, 9.17) is 0 Å². The van der Waals surface area contributed by atoms with Gasteiger partial charge in [0.2, 0.25) is 0 Å². The Bertz CT molecular complexity index is 800. The van der Waals surface area contributed by atoms with Gasteiger partial charge in [0.05, 0.1) is 13.1 Å². The molecular weight excluding hydrogens is 362 g/mol. The lowest BCUT2D eigenvalue weighted by atomic mass is 10.0. The summed E-state index contributed by atoms with van der Waals surface area (Å²) in [6.07, 6.45) is 1.86. The monoisotopic (exact) mass is 396 g/mol. The molecule has 0 fully saturated rings. The van der Waals surface area contributed by atoms with Gasteiger partial charge in [0.15, 0.2) is 12.6 Å². The summed E-state index contributed by atoms with van der Waals surface area (Å²) >= 11 is 0. The van der Waals surface area contributed by atoms with Crippen LogP contribution in [-0.4, -0.2) is 31.4 Å². The second kappa shape index (κ2) is 10.8. The van der Waals surface area contributed by atoms with Crippen LogP contribution in [0.2, 0.25) is 0 Å². The van der Waals surface area contributed by atoms with Crippen molar-refractivity contribution >= 4 is 17.5 Å². The van der Waals surface area contributed by atoms with Gasteiger partial charge in [-0.15, -0.1) is 0 Å². The number of quaternary nitrogens is 1. The number of amides is 2. The highest BCUT2D eigenvalue weighted by Gasteiger charge is 2.26. The molecule has 0 radical (unpaired) electrons. The largest absolute Gasteiger partial charge is 0.344 e. The molecule has 0 spiro atoms. The third-order valence-corrected chi connectivity index (χ3v) is 5.41. The van der Waals surface area contributed by atoms with Gasteiger partial charge in [0, 0.05) is 5.69 Å². The molecule has 2 aromatic rings. The lowest BCUT2D eigenvalue weighted by Crippen LogP contribution is -3.15. The number of hydrogen-bond acceptors (Lipinski definition) is 2. The molecule has 0 saturated carbocycles. The molecular formula is C24H34N3O2+. The van der Waals surface area contributed by atoms with Crippen LogP contribution >= 0.6 is 0 Å². The molecule has 29 heavy (non-hydrogen) atoms. The first-order valence-corrected chi connectivity index (χ1v) is 10.4. The third kappa shape index (κ3) is 6.43. The molecule has 0 aromatic heterocycles. The highest BCUT2D eigenvalue weighted by atomic mass is 16.2. The number of aryl methyl sites for hydroxylation is 2. The first-order chi connectivity index (χ1) is 13.8. The maximum Gasteiger partial charge on any atom is 0.279 e. The van der Waals surface area contributed by atoms with E-state index >= 15 is 0 Å². The molecule has 0 aliphatic heterocycles. The van der Waals surface area contributed by atoms with Crippen LogP contribution in [-0.2, 0) is 9.59 Å². The lowest BCUT2D eigenvalue weighted by molar-refractivity contribution is -0.885. The second-order valence-electron chi connectivity index (χ2n) is 7.82. The van der Waals surface area contributed by atoms with Crippen molar-refractivity contribution in [1.82, 2.24) is 5.32 Å². The van der Waals surface area contributed by atoms with Crippen molar-refractivity contribution in [1.29, 1.82) is 0 Å². The normalized spacial score (nSPS) is 14.0. The highest BCUT2D eigenvalue weighted by Crippen LogP contribution is 2.19. The van der Waals surface area contributed by atoms with Gasteiger partial charge in [-0.25, -0.2) is 0 Å². The minimum Gasteiger partial charge on any atom is -0.344 e. The zero-order chi connectivity index (χ0) is 21.4. The minimum absolute atomic E-state index is 0.00704. The number of hydrogen-bond donors (Lipinski definition) is 3. The van der Waals surface area contributed by atoms with Gasteiger partial charge in [0.25, 0.3) is 11.8 Å². The molecule has 156 valence electrons. The van der Waals surface area contributed by atoms with Crippen LogP contribution in [0.5, 0.6) is 0 Å². The van der Waals surface area contributed by atoms with Crippen molar-refractivity contribution in [2.45, 2.75) is 52.6 Å². The zero-order valence-electron chi connectivity index (χ0n) is 18.2. The minimum atomic E-state index is -0.332. The Morgan fingerprint density at radius 1 is 1.00 bits per heavy atom. The number of carbonyl (C=O) groups excluding carboxylic acids is 2. The van der Waals surface area contributed by atoms with Gasteiger partial charge >= 0.3 is 0 Å². The number of anilines is 1. The molecule has 2 rings (SSSR count). The van der Waals surface area contributed by atoms with E-state index in [0.29, 0.717) is 0 Å². The topological polar surface area (TPSA) is 62.6 Å². The molecule has 5 heteroatoms. The molecule has 0 saturated heterocycles. The summed E-state index contributed by atoms with van der Waals surface area (Å²) in [7, 11) is 1.88. The number of rotatable bonds is 9. The second-order valence-corrected chi connectivity index (χ2v) is 7.82. The number of carbonyl (C=O) groups is 2. The van der Waals surface area contributed by atoms with E-state index in [1.165, 1.54) is 0 Å². The average Bonchev–Trinajstić information content (AvgIpc) is 2.70. The van der Waals surface area contributed by atoms with Crippen molar-refractivity contribution in [2.24, 2.45) is 0 Å². The standard InChI is InChI=1S/C24H33N3O2/c1-6-11-21(20-14-8-7-9-15-20)25-24(29)19(4)27(5)16-22(28)26-23-17(2)12-10-13-18(23)3/h7-10,12-15,19,21H,6,11,16H2,1-5H3,(H,25,29)(H,26,28)/p+1/t19-,21-/m0/s1. The van der Waals surface area contributed by atoms with E-state index in [0.717, 1.165) is 40.1 Å². The molecule has 0 aliphatic carbocycles. The quantitative estimate of drug-likeness (QED) is 0.610. The lowest BCUT2D eigenvalue weighted by Gasteiger charge is -2.24. The van der Waals surface area contributed by atoms with Gasteiger partial charge < -0.3 is 15.5 Å². The average molecular weight is 397 g/mol. The zero-order valence-corrected chi connectivity index (χ0v) is 18.2. The van der Waals surface area contributed by atoms with Crippen LogP contribution in [0.4, 0.5) is 5.69 Å². The summed E-state index contributed by atoms with van der Waals surface area (Å²) in [5.41, 5.74) is 4.04. The Balaban J connectivity index is 1.96. The van der Waals surface area contributed by atoms with Crippen LogP contribution in [0.1, 0.15) is 49.4 Å². The van der Waals surface area contributed by atoms with Crippen molar-refractivity contribution in [2.75, 3.05) is 18.9 Å². The summed E-state index contributed by atoms with van der Waals surface area (Å²) < 4.78 is 0. The molecule has 0 bridgehead atoms. The van der Waals surface area contributed by atoms with Crippen molar-refractivity contribution in [3.63, 3.8) is 0 Å². The summed E-state index contributed by atoms with van der Waals surface area (Å²) in [4.78, 5) is 26.2. The van der Waals surface area contributed by atoms with E-state index in [2.05, 4.69) is 17.6 Å². The molecule has 3 atom stereocenters. The van der Waals surface area contributed by atoms with E-state index in [9.17, 15) is 9.59 Å². The van der Waals surface area contributed by atoms with Crippen molar-refractivity contribution in [3.8, 4) is 0 Å². The number of benzene rings is 2. The number of para-hydroxylation sites is 1. The smallest absolute Gasteiger partial charge is 0.279 e. The van der Waals surface area contributed by atoms with E-state index in [1.54, 1.807) is 0 Å². The van der Waals surface area contributed by atoms with E-state index in [-0.39, 0.29) is 30.4 Å². The van der Waals surface area contributed by atoms with Crippen molar-refractivity contribution < 1.29 is 14.5 Å². The molecule has 2 aromatic carbocycles. The third-order valence-electron chi connectivity index (χ3n) is 5.41. The predicted molar refractivity (Wildman–Crippen MR) is 118 cm³/mol. The molecule has 0 aliphatic rings. The molecule has 2 amide bonds. The summed E-state index contributed by atoms with van der Waals surface area (Å²) in [6.45, 7) is 8.16. The number of likely N-dealkylation sites (N-methyl/N-ethyl adjacent to an activating group) is 1. The Morgan fingerprint density at radius 2 is 1.62 bits per heavy atom. The Labute approximate surface area is 174 Å². The van der Waals surface area contributed by atoms with Gasteiger partial charge in [-0.1, -0.05) is 61.9 Å².